The predicted octanol–water partition coefficient (Wildman–Crippen LogP) is 3.00. The fourth-order valence-corrected chi connectivity index (χ4v) is 2.56. The highest BCUT2D eigenvalue weighted by atomic mass is 16.5. The normalized spacial score (nSPS) is 25.9. The first-order valence-corrected chi connectivity index (χ1v) is 6.85. The number of nitrogens with one attached hydrogen (secondary N) is 1. The highest BCUT2D eigenvalue weighted by molar-refractivity contribution is 5.29. The maximum atomic E-state index is 9.50. The molecule has 0 spiro atoms. The zero-order valence-corrected chi connectivity index (χ0v) is 11.2. The number of rotatable bonds is 4. The molecule has 1 aromatic carbocycles. The van der Waals surface area contributed by atoms with Crippen molar-refractivity contribution in [2.45, 2.75) is 51.3 Å². The summed E-state index contributed by atoms with van der Waals surface area (Å²) in [6.45, 7) is 5.17. The van der Waals surface area contributed by atoms with E-state index < -0.39 is 0 Å². The van der Waals surface area contributed by atoms with Gasteiger partial charge in [0.05, 0.1) is 6.10 Å². The maximum Gasteiger partial charge on any atom is 0.115 e. The molecule has 2 rings (SSSR count). The molecule has 0 saturated carbocycles. The van der Waals surface area contributed by atoms with Crippen molar-refractivity contribution < 1.29 is 9.84 Å². The SMILES string of the molecule is CCC1CC(NC(C)c2cccc(O)c2)CCO1. The van der Waals surface area contributed by atoms with Gasteiger partial charge in [-0.25, -0.2) is 0 Å². The number of aromatic hydroxyl groups is 1. The highest BCUT2D eigenvalue weighted by Crippen LogP contribution is 2.22. The molecule has 3 nitrogen and oxygen atoms in total. The molecule has 3 heteroatoms. The number of hydrogen-bond donors (Lipinski definition) is 2. The van der Waals surface area contributed by atoms with Crippen LogP contribution in [0.4, 0.5) is 0 Å². The van der Waals surface area contributed by atoms with E-state index in [1.165, 1.54) is 0 Å². The average Bonchev–Trinajstić information content (AvgIpc) is 2.39. The number of phenols is 1. The third kappa shape index (κ3) is 3.47. The Balaban J connectivity index is 1.92. The van der Waals surface area contributed by atoms with Crippen molar-refractivity contribution in [1.29, 1.82) is 0 Å². The fourth-order valence-electron chi connectivity index (χ4n) is 2.56. The van der Waals surface area contributed by atoms with Crippen molar-refractivity contribution in [2.24, 2.45) is 0 Å². The second-order valence-electron chi connectivity index (χ2n) is 5.11. The van der Waals surface area contributed by atoms with Crippen LogP contribution in [0.25, 0.3) is 0 Å². The molecule has 0 bridgehead atoms. The third-order valence-corrected chi connectivity index (χ3v) is 3.68. The van der Waals surface area contributed by atoms with E-state index in [2.05, 4.69) is 19.2 Å². The van der Waals surface area contributed by atoms with E-state index in [9.17, 15) is 5.11 Å². The summed E-state index contributed by atoms with van der Waals surface area (Å²) in [7, 11) is 0. The predicted molar refractivity (Wildman–Crippen MR) is 72.7 cm³/mol. The Hall–Kier alpha value is -1.06. The van der Waals surface area contributed by atoms with Gasteiger partial charge in [0.2, 0.25) is 0 Å². The molecule has 0 aliphatic carbocycles. The molecular weight excluding hydrogens is 226 g/mol. The molecule has 2 N–H and O–H groups in total. The standard InChI is InChI=1S/C15H23NO2/c1-3-15-10-13(7-8-18-15)16-11(2)12-5-4-6-14(17)9-12/h4-6,9,11,13,15-17H,3,7-8,10H2,1-2H3. The number of phenolic OH excluding ortho intramolecular Hbond substituents is 1. The lowest BCUT2D eigenvalue weighted by Crippen LogP contribution is -2.39. The van der Waals surface area contributed by atoms with Crippen LogP contribution in [0.2, 0.25) is 0 Å². The Morgan fingerprint density at radius 1 is 1.50 bits per heavy atom. The molecule has 3 unspecified atom stereocenters. The minimum absolute atomic E-state index is 0.262. The lowest BCUT2D eigenvalue weighted by molar-refractivity contribution is -0.00166. The number of benzene rings is 1. The van der Waals surface area contributed by atoms with Crippen molar-refractivity contribution in [3.8, 4) is 5.75 Å². The van der Waals surface area contributed by atoms with E-state index in [4.69, 9.17) is 4.74 Å². The summed E-state index contributed by atoms with van der Waals surface area (Å²) < 4.78 is 5.68. The summed E-state index contributed by atoms with van der Waals surface area (Å²) in [6, 6.07) is 8.25. The van der Waals surface area contributed by atoms with Gasteiger partial charge < -0.3 is 15.2 Å². The molecule has 0 amide bonds. The summed E-state index contributed by atoms with van der Waals surface area (Å²) >= 11 is 0. The lowest BCUT2D eigenvalue weighted by Gasteiger charge is -2.31. The summed E-state index contributed by atoms with van der Waals surface area (Å²) in [4.78, 5) is 0. The molecule has 1 aliphatic heterocycles. The van der Waals surface area contributed by atoms with Gasteiger partial charge in [-0.05, 0) is 43.9 Å². The number of ether oxygens (including phenoxy) is 1. The van der Waals surface area contributed by atoms with Crippen LogP contribution in [-0.4, -0.2) is 23.9 Å². The molecule has 100 valence electrons. The maximum absolute atomic E-state index is 9.50. The Labute approximate surface area is 109 Å². The Morgan fingerprint density at radius 3 is 3.06 bits per heavy atom. The molecule has 1 fully saturated rings. The highest BCUT2D eigenvalue weighted by Gasteiger charge is 2.22. The van der Waals surface area contributed by atoms with Crippen LogP contribution >= 0.6 is 0 Å². The van der Waals surface area contributed by atoms with Gasteiger partial charge in [0.25, 0.3) is 0 Å². The van der Waals surface area contributed by atoms with E-state index in [1.54, 1.807) is 6.07 Å². The Bertz CT molecular complexity index is 381. The zero-order chi connectivity index (χ0) is 13.0. The topological polar surface area (TPSA) is 41.5 Å². The molecule has 1 aromatic rings. The van der Waals surface area contributed by atoms with Gasteiger partial charge in [-0.2, -0.15) is 0 Å². The van der Waals surface area contributed by atoms with Crippen LogP contribution in [0.5, 0.6) is 5.75 Å². The van der Waals surface area contributed by atoms with Crippen LogP contribution in [0.15, 0.2) is 24.3 Å². The quantitative estimate of drug-likeness (QED) is 0.862. The van der Waals surface area contributed by atoms with E-state index in [0.717, 1.165) is 31.4 Å². The van der Waals surface area contributed by atoms with E-state index >= 15 is 0 Å². The Kier molecular flexibility index (Phi) is 4.61. The zero-order valence-electron chi connectivity index (χ0n) is 11.2. The molecule has 1 heterocycles. The van der Waals surface area contributed by atoms with Crippen LogP contribution in [0.3, 0.4) is 0 Å². The van der Waals surface area contributed by atoms with E-state index in [1.807, 2.05) is 18.2 Å². The molecule has 0 radical (unpaired) electrons. The van der Waals surface area contributed by atoms with Crippen molar-refractivity contribution in [2.75, 3.05) is 6.61 Å². The average molecular weight is 249 g/mol. The van der Waals surface area contributed by atoms with Gasteiger partial charge >= 0.3 is 0 Å². The van der Waals surface area contributed by atoms with Crippen molar-refractivity contribution in [3.05, 3.63) is 29.8 Å². The van der Waals surface area contributed by atoms with Gasteiger partial charge in [-0.15, -0.1) is 0 Å². The fraction of sp³-hybridized carbons (Fsp3) is 0.600. The lowest BCUT2D eigenvalue weighted by atomic mass is 9.99. The third-order valence-electron chi connectivity index (χ3n) is 3.68. The molecule has 0 aromatic heterocycles. The number of hydrogen-bond acceptors (Lipinski definition) is 3. The summed E-state index contributed by atoms with van der Waals surface area (Å²) in [5.74, 6) is 0.333. The first-order chi connectivity index (χ1) is 8.69. The van der Waals surface area contributed by atoms with Crippen LogP contribution in [0, 0.1) is 0 Å². The summed E-state index contributed by atoms with van der Waals surface area (Å²) in [5, 5.41) is 13.1. The monoisotopic (exact) mass is 249 g/mol. The van der Waals surface area contributed by atoms with Crippen LogP contribution < -0.4 is 5.32 Å². The van der Waals surface area contributed by atoms with Crippen molar-refractivity contribution >= 4 is 0 Å². The van der Waals surface area contributed by atoms with E-state index in [0.29, 0.717) is 17.9 Å². The van der Waals surface area contributed by atoms with Gasteiger partial charge in [0, 0.05) is 18.7 Å². The summed E-state index contributed by atoms with van der Waals surface area (Å²) in [5.41, 5.74) is 1.13. The molecule has 3 atom stereocenters. The smallest absolute Gasteiger partial charge is 0.115 e. The molecule has 1 aliphatic rings. The molecular formula is C15H23NO2. The minimum Gasteiger partial charge on any atom is -0.508 e. The molecule has 18 heavy (non-hydrogen) atoms. The Morgan fingerprint density at radius 2 is 2.33 bits per heavy atom. The van der Waals surface area contributed by atoms with Crippen molar-refractivity contribution in [3.63, 3.8) is 0 Å². The van der Waals surface area contributed by atoms with Gasteiger partial charge in [0.15, 0.2) is 0 Å². The first kappa shape index (κ1) is 13.4. The van der Waals surface area contributed by atoms with Crippen LogP contribution in [-0.2, 0) is 4.74 Å². The second kappa shape index (κ2) is 6.21. The van der Waals surface area contributed by atoms with E-state index in [-0.39, 0.29) is 6.04 Å². The molecule has 1 saturated heterocycles. The van der Waals surface area contributed by atoms with Gasteiger partial charge in [-0.3, -0.25) is 0 Å². The second-order valence-corrected chi connectivity index (χ2v) is 5.11. The van der Waals surface area contributed by atoms with Crippen molar-refractivity contribution in [1.82, 2.24) is 5.32 Å². The van der Waals surface area contributed by atoms with Gasteiger partial charge in [0.1, 0.15) is 5.75 Å². The van der Waals surface area contributed by atoms with Crippen LogP contribution in [0.1, 0.15) is 44.7 Å². The minimum atomic E-state index is 0.262. The largest absolute Gasteiger partial charge is 0.508 e. The first-order valence-electron chi connectivity index (χ1n) is 6.85. The summed E-state index contributed by atoms with van der Waals surface area (Å²) in [6.07, 6.45) is 3.63. The van der Waals surface area contributed by atoms with Gasteiger partial charge in [-0.1, -0.05) is 19.1 Å².